The number of aromatic amines is 1. The Morgan fingerprint density at radius 2 is 2.00 bits per heavy atom. The van der Waals surface area contributed by atoms with Gasteiger partial charge < -0.3 is 10.4 Å². The van der Waals surface area contributed by atoms with Gasteiger partial charge in [0, 0.05) is 13.2 Å². The molecule has 0 radical (unpaired) electrons. The minimum absolute atomic E-state index is 0.0907. The smallest absolute Gasteiger partial charge is 0.263 e. The Morgan fingerprint density at radius 3 is 2.59 bits per heavy atom. The molecule has 0 aliphatic heterocycles. The van der Waals surface area contributed by atoms with Crippen LogP contribution in [0, 0.1) is 5.41 Å². The van der Waals surface area contributed by atoms with Crippen LogP contribution in [0.3, 0.4) is 0 Å². The second-order valence-corrected chi connectivity index (χ2v) is 7.37. The molecule has 2 heterocycles. The van der Waals surface area contributed by atoms with Crippen molar-refractivity contribution in [3.8, 4) is 0 Å². The van der Waals surface area contributed by atoms with E-state index < -0.39 is 0 Å². The van der Waals surface area contributed by atoms with Crippen molar-refractivity contribution in [1.29, 1.82) is 0 Å². The van der Waals surface area contributed by atoms with E-state index in [-0.39, 0.29) is 23.1 Å². The molecule has 0 fully saturated rings. The summed E-state index contributed by atoms with van der Waals surface area (Å²) in [6, 6.07) is 0. The third-order valence-electron chi connectivity index (χ3n) is 3.60. The Morgan fingerprint density at radius 1 is 1.32 bits per heavy atom. The first kappa shape index (κ1) is 16.5. The van der Waals surface area contributed by atoms with Crippen molar-refractivity contribution in [2.24, 2.45) is 5.41 Å². The van der Waals surface area contributed by atoms with Gasteiger partial charge in [-0.05, 0) is 32.6 Å². The number of H-pyrrole nitrogens is 1. The van der Waals surface area contributed by atoms with Gasteiger partial charge in [-0.3, -0.25) is 9.78 Å². The molecule has 0 bridgehead atoms. The van der Waals surface area contributed by atoms with E-state index in [1.807, 2.05) is 34.6 Å². The van der Waals surface area contributed by atoms with Crippen LogP contribution in [0.15, 0.2) is 11.0 Å². The van der Waals surface area contributed by atoms with Crippen LogP contribution < -0.4 is 10.9 Å². The molecule has 122 valence electrons. The SMILES string of the molecule is CC(C)(CCO)CNc1nc2c(cnn2C(C)(C)C)c(=O)[nH]1. The maximum atomic E-state index is 12.2. The van der Waals surface area contributed by atoms with Gasteiger partial charge in [-0.15, -0.1) is 0 Å². The predicted molar refractivity (Wildman–Crippen MR) is 87.1 cm³/mol. The van der Waals surface area contributed by atoms with E-state index in [9.17, 15) is 4.79 Å². The third-order valence-corrected chi connectivity index (χ3v) is 3.60. The highest BCUT2D eigenvalue weighted by Crippen LogP contribution is 2.21. The molecule has 0 atom stereocenters. The second kappa shape index (κ2) is 5.72. The highest BCUT2D eigenvalue weighted by Gasteiger charge is 2.21. The number of nitrogens with one attached hydrogen (secondary N) is 2. The van der Waals surface area contributed by atoms with E-state index in [1.165, 1.54) is 0 Å². The van der Waals surface area contributed by atoms with Crippen LogP contribution in [0.2, 0.25) is 0 Å². The van der Waals surface area contributed by atoms with Gasteiger partial charge in [0.25, 0.3) is 5.56 Å². The van der Waals surface area contributed by atoms with E-state index in [4.69, 9.17) is 5.11 Å². The standard InChI is InChI=1S/C15H25N5O2/c1-14(2,3)20-11-10(8-17-20)12(22)19-13(18-11)16-9-15(4,5)6-7-21/h8,21H,6-7,9H2,1-5H3,(H2,16,18,19,22). The molecule has 2 aromatic rings. The average molecular weight is 307 g/mol. The van der Waals surface area contributed by atoms with Crippen LogP contribution in [0.4, 0.5) is 5.95 Å². The van der Waals surface area contributed by atoms with Crippen LogP contribution in [-0.4, -0.2) is 38.0 Å². The molecule has 0 saturated carbocycles. The molecule has 7 nitrogen and oxygen atoms in total. The average Bonchev–Trinajstić information content (AvgIpc) is 2.80. The minimum Gasteiger partial charge on any atom is -0.396 e. The Kier molecular flexibility index (Phi) is 4.28. The number of rotatable bonds is 5. The zero-order valence-electron chi connectivity index (χ0n) is 13.9. The first-order valence-corrected chi connectivity index (χ1v) is 7.47. The van der Waals surface area contributed by atoms with E-state index in [0.29, 0.717) is 29.9 Å². The monoisotopic (exact) mass is 307 g/mol. The number of anilines is 1. The summed E-state index contributed by atoms with van der Waals surface area (Å²) in [6.45, 7) is 10.9. The summed E-state index contributed by atoms with van der Waals surface area (Å²) in [4.78, 5) is 19.4. The highest BCUT2D eigenvalue weighted by atomic mass is 16.3. The molecule has 7 heteroatoms. The van der Waals surface area contributed by atoms with Crippen molar-refractivity contribution in [3.63, 3.8) is 0 Å². The zero-order chi connectivity index (χ0) is 16.5. The largest absolute Gasteiger partial charge is 0.396 e. The van der Waals surface area contributed by atoms with Gasteiger partial charge in [0.05, 0.1) is 11.7 Å². The number of aliphatic hydroxyl groups is 1. The summed E-state index contributed by atoms with van der Waals surface area (Å²) in [5.41, 5.74) is 0.0179. The molecule has 0 unspecified atom stereocenters. The second-order valence-electron chi connectivity index (χ2n) is 7.37. The molecule has 0 aromatic carbocycles. The molecular weight excluding hydrogens is 282 g/mol. The Balaban J connectivity index is 2.34. The molecule has 3 N–H and O–H groups in total. The van der Waals surface area contributed by atoms with Gasteiger partial charge in [0.1, 0.15) is 5.39 Å². The van der Waals surface area contributed by atoms with Crippen LogP contribution in [0.1, 0.15) is 41.0 Å². The number of fused-ring (bicyclic) bond motifs is 1. The number of hydrogen-bond acceptors (Lipinski definition) is 5. The van der Waals surface area contributed by atoms with Crippen molar-refractivity contribution in [1.82, 2.24) is 19.7 Å². The third kappa shape index (κ3) is 3.47. The summed E-state index contributed by atoms with van der Waals surface area (Å²) < 4.78 is 1.75. The van der Waals surface area contributed by atoms with Gasteiger partial charge in [0.2, 0.25) is 5.95 Å². The summed E-state index contributed by atoms with van der Waals surface area (Å²) in [6.07, 6.45) is 2.22. The number of nitrogens with zero attached hydrogens (tertiary/aromatic N) is 3. The van der Waals surface area contributed by atoms with Crippen LogP contribution in [-0.2, 0) is 5.54 Å². The van der Waals surface area contributed by atoms with E-state index in [2.05, 4.69) is 20.4 Å². The lowest BCUT2D eigenvalue weighted by Crippen LogP contribution is -2.27. The molecular formula is C15H25N5O2. The number of aliphatic hydroxyl groups excluding tert-OH is 1. The molecule has 22 heavy (non-hydrogen) atoms. The lowest BCUT2D eigenvalue weighted by molar-refractivity contribution is 0.220. The fourth-order valence-corrected chi connectivity index (χ4v) is 2.21. The van der Waals surface area contributed by atoms with E-state index in [0.717, 1.165) is 0 Å². The maximum Gasteiger partial charge on any atom is 0.263 e. The Labute approximate surface area is 129 Å². The molecule has 0 spiro atoms. The molecule has 0 saturated heterocycles. The molecule has 0 aliphatic rings. The van der Waals surface area contributed by atoms with Gasteiger partial charge in [-0.1, -0.05) is 13.8 Å². The van der Waals surface area contributed by atoms with Crippen LogP contribution in [0.5, 0.6) is 0 Å². The molecule has 0 amide bonds. The van der Waals surface area contributed by atoms with E-state index in [1.54, 1.807) is 10.9 Å². The predicted octanol–water partition coefficient (Wildman–Crippen LogP) is 1.70. The lowest BCUT2D eigenvalue weighted by Gasteiger charge is -2.24. The zero-order valence-corrected chi connectivity index (χ0v) is 13.9. The fourth-order valence-electron chi connectivity index (χ4n) is 2.21. The van der Waals surface area contributed by atoms with Crippen molar-refractivity contribution in [2.75, 3.05) is 18.5 Å². The molecule has 2 aromatic heterocycles. The number of hydrogen-bond donors (Lipinski definition) is 3. The van der Waals surface area contributed by atoms with Crippen molar-refractivity contribution in [2.45, 2.75) is 46.6 Å². The number of aromatic nitrogens is 4. The summed E-state index contributed by atoms with van der Waals surface area (Å²) >= 11 is 0. The van der Waals surface area contributed by atoms with Gasteiger partial charge in [-0.2, -0.15) is 10.1 Å². The van der Waals surface area contributed by atoms with Crippen LogP contribution in [0.25, 0.3) is 11.0 Å². The summed E-state index contributed by atoms with van der Waals surface area (Å²) in [7, 11) is 0. The highest BCUT2D eigenvalue weighted by molar-refractivity contribution is 5.74. The molecule has 2 rings (SSSR count). The van der Waals surface area contributed by atoms with Gasteiger partial charge in [0.15, 0.2) is 5.65 Å². The van der Waals surface area contributed by atoms with Crippen molar-refractivity contribution < 1.29 is 5.11 Å². The first-order chi connectivity index (χ1) is 10.1. The van der Waals surface area contributed by atoms with Crippen LogP contribution >= 0.6 is 0 Å². The van der Waals surface area contributed by atoms with E-state index >= 15 is 0 Å². The Hall–Kier alpha value is -1.89. The van der Waals surface area contributed by atoms with Crippen molar-refractivity contribution in [3.05, 3.63) is 16.6 Å². The maximum absolute atomic E-state index is 12.2. The normalized spacial score (nSPS) is 12.8. The first-order valence-electron chi connectivity index (χ1n) is 7.47. The fraction of sp³-hybridized carbons (Fsp3) is 0.667. The van der Waals surface area contributed by atoms with Gasteiger partial charge >= 0.3 is 0 Å². The quantitative estimate of drug-likeness (QED) is 0.781. The molecule has 0 aliphatic carbocycles. The lowest BCUT2D eigenvalue weighted by atomic mass is 9.90. The van der Waals surface area contributed by atoms with Crippen molar-refractivity contribution >= 4 is 17.0 Å². The topological polar surface area (TPSA) is 95.8 Å². The van der Waals surface area contributed by atoms with Gasteiger partial charge in [-0.25, -0.2) is 4.68 Å². The summed E-state index contributed by atoms with van der Waals surface area (Å²) in [5.74, 6) is 0.425. The summed E-state index contributed by atoms with van der Waals surface area (Å²) in [5, 5.41) is 17.0. The Bertz CT molecular complexity index is 709. The minimum atomic E-state index is -0.254.